The Kier molecular flexibility index (Phi) is 5.45. The third-order valence-electron chi connectivity index (χ3n) is 5.00. The molecule has 6 heteroatoms. The van der Waals surface area contributed by atoms with Crippen molar-refractivity contribution in [3.05, 3.63) is 101 Å². The molecule has 1 heterocycles. The number of fused-ring (bicyclic) bond motifs is 1. The molecule has 1 aromatic heterocycles. The van der Waals surface area contributed by atoms with Crippen LogP contribution in [-0.4, -0.2) is 16.6 Å². The molecule has 0 bridgehead atoms. The number of nitrogens with zero attached hydrogens (tertiary/aromatic N) is 1. The maximum atomic E-state index is 13.4. The fourth-order valence-electron chi connectivity index (χ4n) is 3.46. The van der Waals surface area contributed by atoms with Crippen LogP contribution in [0.1, 0.15) is 16.8 Å². The molecular weight excluding hydrogens is 414 g/mol. The van der Waals surface area contributed by atoms with Gasteiger partial charge in [-0.1, -0.05) is 54.1 Å². The second-order valence-electron chi connectivity index (χ2n) is 7.01. The summed E-state index contributed by atoms with van der Waals surface area (Å²) < 4.78 is 40.8. The van der Waals surface area contributed by atoms with Crippen molar-refractivity contribution >= 4 is 37.8 Å². The molecule has 0 spiro atoms. The maximum absolute atomic E-state index is 13.4. The van der Waals surface area contributed by atoms with Crippen LogP contribution in [0.4, 0.5) is 0 Å². The van der Waals surface area contributed by atoms with E-state index in [9.17, 15) is 12.6 Å². The predicted molar refractivity (Wildman–Crippen MR) is 122 cm³/mol. The van der Waals surface area contributed by atoms with E-state index in [4.69, 9.17) is 0 Å². The van der Waals surface area contributed by atoms with Crippen molar-refractivity contribution in [1.82, 2.24) is 3.97 Å². The van der Waals surface area contributed by atoms with Crippen molar-refractivity contribution in [2.24, 2.45) is 0 Å². The highest BCUT2D eigenvalue weighted by Crippen LogP contribution is 2.31. The Balaban J connectivity index is 1.84. The summed E-state index contributed by atoms with van der Waals surface area (Å²) in [4.78, 5) is 0.933. The summed E-state index contributed by atoms with van der Waals surface area (Å²) in [5.41, 5.74) is 3.02. The predicted octanol–water partition coefficient (Wildman–Crippen LogP) is 5.27. The average molecular weight is 436 g/mol. The molecule has 30 heavy (non-hydrogen) atoms. The first-order chi connectivity index (χ1) is 14.4. The standard InChI is InChI=1S/C24H21NO3S2/c1-18-12-14-20(15-13-18)29(26)17-16-22-19(2)25(24-11-7-6-10-23(22)24)30(27,28)21-8-4-3-5-9-21/h3-17H,1-2H3/b17-16-/t29-/m1/s1. The van der Waals surface area contributed by atoms with Crippen LogP contribution in [0.2, 0.25) is 0 Å². The van der Waals surface area contributed by atoms with E-state index in [1.165, 1.54) is 3.97 Å². The van der Waals surface area contributed by atoms with Crippen LogP contribution in [0.25, 0.3) is 17.0 Å². The molecule has 1 atom stereocenters. The van der Waals surface area contributed by atoms with Crippen molar-refractivity contribution in [2.45, 2.75) is 23.6 Å². The van der Waals surface area contributed by atoms with Gasteiger partial charge in [0.25, 0.3) is 10.0 Å². The molecule has 0 aliphatic rings. The van der Waals surface area contributed by atoms with Gasteiger partial charge in [0.05, 0.1) is 21.2 Å². The zero-order valence-corrected chi connectivity index (χ0v) is 18.3. The van der Waals surface area contributed by atoms with Crippen LogP contribution in [0.3, 0.4) is 0 Å². The number of hydrogen-bond acceptors (Lipinski definition) is 3. The van der Waals surface area contributed by atoms with Crippen LogP contribution in [-0.2, 0) is 20.8 Å². The summed E-state index contributed by atoms with van der Waals surface area (Å²) >= 11 is 0. The molecule has 3 aromatic carbocycles. The smallest absolute Gasteiger partial charge is 0.250 e. The van der Waals surface area contributed by atoms with Gasteiger partial charge in [0.2, 0.25) is 0 Å². The lowest BCUT2D eigenvalue weighted by atomic mass is 10.1. The number of para-hydroxylation sites is 1. The molecule has 0 saturated carbocycles. The number of aryl methyl sites for hydroxylation is 1. The third kappa shape index (κ3) is 3.64. The minimum absolute atomic E-state index is 0.229. The van der Waals surface area contributed by atoms with Crippen LogP contribution in [0.5, 0.6) is 0 Å². The van der Waals surface area contributed by atoms with Gasteiger partial charge in [-0.15, -0.1) is 0 Å². The van der Waals surface area contributed by atoms with Gasteiger partial charge in [-0.25, -0.2) is 16.6 Å². The van der Waals surface area contributed by atoms with Gasteiger partial charge in [-0.05, 0) is 50.3 Å². The van der Waals surface area contributed by atoms with E-state index in [-0.39, 0.29) is 4.90 Å². The van der Waals surface area contributed by atoms with Crippen LogP contribution >= 0.6 is 0 Å². The SMILES string of the molecule is Cc1ccc([S@](=O)/C=C\c2c(C)n(S(=O)(=O)c3ccccc3)c3ccccc23)cc1. The van der Waals surface area contributed by atoms with Crippen molar-refractivity contribution in [2.75, 3.05) is 0 Å². The highest BCUT2D eigenvalue weighted by atomic mass is 32.2. The number of aromatic nitrogens is 1. The van der Waals surface area contributed by atoms with Gasteiger partial charge in [0, 0.05) is 26.9 Å². The van der Waals surface area contributed by atoms with Gasteiger partial charge < -0.3 is 0 Å². The van der Waals surface area contributed by atoms with E-state index < -0.39 is 20.8 Å². The fraction of sp³-hybridized carbons (Fsp3) is 0.0833. The first-order valence-electron chi connectivity index (χ1n) is 9.46. The van der Waals surface area contributed by atoms with E-state index in [0.29, 0.717) is 16.1 Å². The Morgan fingerprint density at radius 1 is 0.833 bits per heavy atom. The summed E-state index contributed by atoms with van der Waals surface area (Å²) in [5.74, 6) is 0. The molecule has 0 aliphatic carbocycles. The molecule has 0 unspecified atom stereocenters. The van der Waals surface area contributed by atoms with Gasteiger partial charge in [-0.2, -0.15) is 0 Å². The first-order valence-corrected chi connectivity index (χ1v) is 12.1. The molecule has 0 N–H and O–H groups in total. The molecule has 4 rings (SSSR count). The largest absolute Gasteiger partial charge is 0.268 e. The Morgan fingerprint density at radius 3 is 2.17 bits per heavy atom. The lowest BCUT2D eigenvalue weighted by molar-refractivity contribution is 0.588. The van der Waals surface area contributed by atoms with Gasteiger partial charge in [0.15, 0.2) is 0 Å². The van der Waals surface area contributed by atoms with Crippen LogP contribution in [0, 0.1) is 13.8 Å². The van der Waals surface area contributed by atoms with E-state index in [1.807, 2.05) is 49.4 Å². The molecule has 4 aromatic rings. The van der Waals surface area contributed by atoms with Gasteiger partial charge >= 0.3 is 0 Å². The monoisotopic (exact) mass is 435 g/mol. The molecule has 0 fully saturated rings. The highest BCUT2D eigenvalue weighted by Gasteiger charge is 2.23. The van der Waals surface area contributed by atoms with E-state index in [1.54, 1.807) is 54.8 Å². The van der Waals surface area contributed by atoms with Crippen molar-refractivity contribution in [3.8, 4) is 0 Å². The number of rotatable bonds is 5. The van der Waals surface area contributed by atoms with Crippen LogP contribution < -0.4 is 0 Å². The lowest BCUT2D eigenvalue weighted by Crippen LogP contribution is -2.14. The Bertz CT molecular complexity index is 1370. The molecule has 0 amide bonds. The minimum atomic E-state index is -3.76. The van der Waals surface area contributed by atoms with E-state index >= 15 is 0 Å². The topological polar surface area (TPSA) is 56.1 Å². The van der Waals surface area contributed by atoms with Crippen LogP contribution in [0.15, 0.2) is 94.1 Å². The second kappa shape index (κ2) is 8.05. The second-order valence-corrected chi connectivity index (χ2v) is 10.1. The first kappa shape index (κ1) is 20.3. The summed E-state index contributed by atoms with van der Waals surface area (Å²) in [7, 11) is -5.09. The Hall–Kier alpha value is -2.96. The molecular formula is C24H21NO3S2. The number of benzene rings is 3. The minimum Gasteiger partial charge on any atom is -0.250 e. The molecule has 0 aliphatic heterocycles. The number of hydrogen-bond donors (Lipinski definition) is 0. The lowest BCUT2D eigenvalue weighted by Gasteiger charge is -2.10. The summed E-state index contributed by atoms with van der Waals surface area (Å²) in [5, 5.41) is 2.41. The molecule has 4 nitrogen and oxygen atoms in total. The highest BCUT2D eigenvalue weighted by molar-refractivity contribution is 7.90. The van der Waals surface area contributed by atoms with Crippen molar-refractivity contribution < 1.29 is 12.6 Å². The average Bonchev–Trinajstić information content (AvgIpc) is 3.05. The molecule has 0 radical (unpaired) electrons. The zero-order chi connectivity index (χ0) is 21.3. The third-order valence-corrected chi connectivity index (χ3v) is 7.94. The van der Waals surface area contributed by atoms with Gasteiger partial charge in [-0.3, -0.25) is 0 Å². The van der Waals surface area contributed by atoms with Crippen molar-refractivity contribution in [3.63, 3.8) is 0 Å². The summed E-state index contributed by atoms with van der Waals surface area (Å²) in [6, 6.07) is 23.3. The summed E-state index contributed by atoms with van der Waals surface area (Å²) in [6.07, 6.45) is 1.75. The zero-order valence-electron chi connectivity index (χ0n) is 16.6. The van der Waals surface area contributed by atoms with Crippen molar-refractivity contribution in [1.29, 1.82) is 0 Å². The normalized spacial score (nSPS) is 13.1. The molecule has 152 valence electrons. The van der Waals surface area contributed by atoms with E-state index in [2.05, 4.69) is 0 Å². The Morgan fingerprint density at radius 2 is 1.47 bits per heavy atom. The Labute approximate surface area is 179 Å². The summed E-state index contributed by atoms with van der Waals surface area (Å²) in [6.45, 7) is 3.75. The maximum Gasteiger partial charge on any atom is 0.268 e. The molecule has 0 saturated heterocycles. The van der Waals surface area contributed by atoms with Gasteiger partial charge in [0.1, 0.15) is 0 Å². The van der Waals surface area contributed by atoms with E-state index in [0.717, 1.165) is 16.5 Å². The quantitative estimate of drug-likeness (QED) is 0.429. The fourth-order valence-corrected chi connectivity index (χ4v) is 5.87.